The summed E-state index contributed by atoms with van der Waals surface area (Å²) < 4.78 is 0. The molecule has 6 heteroatoms. The maximum Gasteiger partial charge on any atom is 0.283 e. The molecule has 0 spiro atoms. The van der Waals surface area contributed by atoms with Crippen LogP contribution in [-0.4, -0.2) is 10.0 Å². The van der Waals surface area contributed by atoms with E-state index in [4.69, 9.17) is 16.7 Å². The lowest BCUT2D eigenvalue weighted by atomic mass is 10.2. The molecule has 0 fully saturated rings. The van der Waals surface area contributed by atoms with Crippen LogP contribution in [0.15, 0.2) is 52.3 Å². The standard InChI is InChI=1S/C13H10ClNO3S/c14-10-3-6-12(15(17)18)13(7-10)19-11-4-1-9(8-16)2-5-11/h1-7,16H,8H2. The Balaban J connectivity index is 2.31. The number of aliphatic hydroxyl groups is 1. The van der Waals surface area contributed by atoms with Crippen molar-refractivity contribution in [3.8, 4) is 0 Å². The van der Waals surface area contributed by atoms with Gasteiger partial charge in [0.05, 0.1) is 16.4 Å². The maximum atomic E-state index is 10.9. The highest BCUT2D eigenvalue weighted by Crippen LogP contribution is 2.36. The highest BCUT2D eigenvalue weighted by atomic mass is 35.5. The van der Waals surface area contributed by atoms with Gasteiger partial charge >= 0.3 is 0 Å². The van der Waals surface area contributed by atoms with Gasteiger partial charge in [0, 0.05) is 16.0 Å². The molecule has 0 aromatic heterocycles. The van der Waals surface area contributed by atoms with Gasteiger partial charge in [0.25, 0.3) is 5.69 Å². The number of aliphatic hydroxyl groups excluding tert-OH is 1. The van der Waals surface area contributed by atoms with Crippen molar-refractivity contribution in [1.82, 2.24) is 0 Å². The van der Waals surface area contributed by atoms with Crippen molar-refractivity contribution in [1.29, 1.82) is 0 Å². The SMILES string of the molecule is O=[N+]([O-])c1ccc(Cl)cc1Sc1ccc(CO)cc1. The Bertz CT molecular complexity index is 601. The molecule has 2 aromatic carbocycles. The number of halogens is 1. The van der Waals surface area contributed by atoms with Crippen molar-refractivity contribution in [2.75, 3.05) is 0 Å². The minimum atomic E-state index is -0.430. The maximum absolute atomic E-state index is 10.9. The van der Waals surface area contributed by atoms with E-state index in [0.717, 1.165) is 10.5 Å². The van der Waals surface area contributed by atoms with E-state index in [9.17, 15) is 10.1 Å². The molecule has 0 aliphatic rings. The molecule has 98 valence electrons. The fourth-order valence-electron chi connectivity index (χ4n) is 1.51. The van der Waals surface area contributed by atoms with Crippen LogP contribution in [0.2, 0.25) is 5.02 Å². The molecule has 1 N–H and O–H groups in total. The molecular formula is C13H10ClNO3S. The third kappa shape index (κ3) is 3.47. The van der Waals surface area contributed by atoms with E-state index in [-0.39, 0.29) is 12.3 Å². The lowest BCUT2D eigenvalue weighted by Gasteiger charge is -2.04. The number of nitro benzene ring substituents is 1. The molecule has 2 aromatic rings. The summed E-state index contributed by atoms with van der Waals surface area (Å²) in [5.74, 6) is 0. The molecule has 4 nitrogen and oxygen atoms in total. The zero-order valence-corrected chi connectivity index (χ0v) is 11.3. The Morgan fingerprint density at radius 3 is 2.47 bits per heavy atom. The van der Waals surface area contributed by atoms with Crippen molar-refractivity contribution in [3.05, 3.63) is 63.2 Å². The second kappa shape index (κ2) is 6.06. The lowest BCUT2D eigenvalue weighted by Crippen LogP contribution is -1.90. The first-order chi connectivity index (χ1) is 9.10. The van der Waals surface area contributed by atoms with E-state index in [2.05, 4.69) is 0 Å². The van der Waals surface area contributed by atoms with Crippen molar-refractivity contribution >= 4 is 29.1 Å². The van der Waals surface area contributed by atoms with Gasteiger partial charge in [-0.15, -0.1) is 0 Å². The highest BCUT2D eigenvalue weighted by Gasteiger charge is 2.15. The Labute approximate surface area is 119 Å². The van der Waals surface area contributed by atoms with E-state index < -0.39 is 4.92 Å². The van der Waals surface area contributed by atoms with Crippen LogP contribution in [0.4, 0.5) is 5.69 Å². The molecular weight excluding hydrogens is 286 g/mol. The summed E-state index contributed by atoms with van der Waals surface area (Å²) >= 11 is 7.13. The minimum Gasteiger partial charge on any atom is -0.392 e. The molecule has 0 saturated carbocycles. The Kier molecular flexibility index (Phi) is 4.42. The zero-order valence-electron chi connectivity index (χ0n) is 9.75. The van der Waals surface area contributed by atoms with Gasteiger partial charge in [-0.2, -0.15) is 0 Å². The van der Waals surface area contributed by atoms with Crippen LogP contribution in [0.25, 0.3) is 0 Å². The zero-order chi connectivity index (χ0) is 13.8. The molecule has 0 unspecified atom stereocenters. The lowest BCUT2D eigenvalue weighted by molar-refractivity contribution is -0.387. The number of nitro groups is 1. The van der Waals surface area contributed by atoms with Crippen LogP contribution in [0.3, 0.4) is 0 Å². The summed E-state index contributed by atoms with van der Waals surface area (Å²) in [5.41, 5.74) is 0.825. The van der Waals surface area contributed by atoms with Gasteiger partial charge in [0.1, 0.15) is 0 Å². The van der Waals surface area contributed by atoms with Crippen LogP contribution in [-0.2, 0) is 6.61 Å². The second-order valence-corrected chi connectivity index (χ2v) is 5.33. The molecule has 0 heterocycles. The molecule has 0 bridgehead atoms. The molecule has 0 atom stereocenters. The predicted molar refractivity (Wildman–Crippen MR) is 74.6 cm³/mol. The summed E-state index contributed by atoms with van der Waals surface area (Å²) in [4.78, 5) is 11.9. The smallest absolute Gasteiger partial charge is 0.283 e. The average molecular weight is 296 g/mol. The van der Waals surface area contributed by atoms with Gasteiger partial charge in [0.15, 0.2) is 0 Å². The fraction of sp³-hybridized carbons (Fsp3) is 0.0769. The van der Waals surface area contributed by atoms with E-state index >= 15 is 0 Å². The van der Waals surface area contributed by atoms with Gasteiger partial charge in [-0.1, -0.05) is 35.5 Å². The van der Waals surface area contributed by atoms with E-state index in [1.54, 1.807) is 30.3 Å². The summed E-state index contributed by atoms with van der Waals surface area (Å²) in [7, 11) is 0. The van der Waals surface area contributed by atoms with Crippen molar-refractivity contribution in [2.45, 2.75) is 16.4 Å². The molecule has 0 amide bonds. The first kappa shape index (κ1) is 13.9. The van der Waals surface area contributed by atoms with Crippen LogP contribution in [0, 0.1) is 10.1 Å². The van der Waals surface area contributed by atoms with Crippen LogP contribution in [0.1, 0.15) is 5.56 Å². The van der Waals surface area contributed by atoms with Crippen LogP contribution >= 0.6 is 23.4 Å². The van der Waals surface area contributed by atoms with Crippen molar-refractivity contribution in [3.63, 3.8) is 0 Å². The average Bonchev–Trinajstić information content (AvgIpc) is 2.39. The summed E-state index contributed by atoms with van der Waals surface area (Å²) in [5, 5.41) is 20.4. The van der Waals surface area contributed by atoms with E-state index in [1.165, 1.54) is 23.9 Å². The topological polar surface area (TPSA) is 63.4 Å². The molecule has 0 radical (unpaired) electrons. The number of nitrogens with zero attached hydrogens (tertiary/aromatic N) is 1. The molecule has 0 saturated heterocycles. The van der Waals surface area contributed by atoms with Gasteiger partial charge in [-0.3, -0.25) is 10.1 Å². The molecule has 19 heavy (non-hydrogen) atoms. The summed E-state index contributed by atoms with van der Waals surface area (Å²) in [6.45, 7) is -0.0255. The highest BCUT2D eigenvalue weighted by molar-refractivity contribution is 7.99. The predicted octanol–water partition coefficient (Wildman–Crippen LogP) is 3.89. The fourth-order valence-corrected chi connectivity index (χ4v) is 2.71. The first-order valence-electron chi connectivity index (χ1n) is 5.42. The van der Waals surface area contributed by atoms with Crippen LogP contribution in [0.5, 0.6) is 0 Å². The normalized spacial score (nSPS) is 10.4. The third-order valence-corrected chi connectivity index (χ3v) is 3.74. The molecule has 0 aliphatic heterocycles. The molecule has 0 aliphatic carbocycles. The number of hydrogen-bond donors (Lipinski definition) is 1. The quantitative estimate of drug-likeness (QED) is 0.686. The van der Waals surface area contributed by atoms with Crippen molar-refractivity contribution < 1.29 is 10.0 Å². The minimum absolute atomic E-state index is 0.0255. The van der Waals surface area contributed by atoms with Gasteiger partial charge in [0.2, 0.25) is 0 Å². The summed E-state index contributed by atoms with van der Waals surface area (Å²) in [6, 6.07) is 11.6. The number of benzene rings is 2. The van der Waals surface area contributed by atoms with E-state index in [0.29, 0.717) is 9.92 Å². The Morgan fingerprint density at radius 1 is 1.21 bits per heavy atom. The third-order valence-electron chi connectivity index (χ3n) is 2.45. The van der Waals surface area contributed by atoms with Crippen LogP contribution < -0.4 is 0 Å². The monoisotopic (exact) mass is 295 g/mol. The van der Waals surface area contributed by atoms with Gasteiger partial charge in [-0.05, 0) is 29.8 Å². The van der Waals surface area contributed by atoms with Crippen molar-refractivity contribution in [2.24, 2.45) is 0 Å². The van der Waals surface area contributed by atoms with Gasteiger partial charge < -0.3 is 5.11 Å². The second-order valence-electron chi connectivity index (χ2n) is 3.77. The Hall–Kier alpha value is -1.56. The molecule has 2 rings (SSSR count). The summed E-state index contributed by atoms with van der Waals surface area (Å²) in [6.07, 6.45) is 0. The first-order valence-corrected chi connectivity index (χ1v) is 6.61. The largest absolute Gasteiger partial charge is 0.392 e. The number of hydrogen-bond acceptors (Lipinski definition) is 4. The Morgan fingerprint density at radius 2 is 1.89 bits per heavy atom. The van der Waals surface area contributed by atoms with E-state index in [1.807, 2.05) is 0 Å². The van der Waals surface area contributed by atoms with Gasteiger partial charge in [-0.25, -0.2) is 0 Å². The number of rotatable bonds is 4.